The van der Waals surface area contributed by atoms with E-state index in [1.807, 2.05) is 0 Å². The molecule has 0 saturated carbocycles. The molecule has 2 aromatic carbocycles. The maximum Gasteiger partial charge on any atom is 0.586 e. The van der Waals surface area contributed by atoms with Crippen molar-refractivity contribution >= 4 is 46.3 Å². The third-order valence-electron chi connectivity index (χ3n) is 4.27. The van der Waals surface area contributed by atoms with Crippen molar-refractivity contribution in [1.82, 2.24) is 25.1 Å². The molecular formula is C18H10ClF2N7O4. The van der Waals surface area contributed by atoms with Gasteiger partial charge in [-0.15, -0.1) is 13.9 Å². The number of carbonyl (C=O) groups is 2. The number of nitrogens with zero attached hydrogens (tertiary/aromatic N) is 3. The Kier molecular flexibility index (Phi) is 4.41. The van der Waals surface area contributed by atoms with Crippen LogP contribution in [-0.2, 0) is 0 Å². The van der Waals surface area contributed by atoms with Crippen molar-refractivity contribution in [3.63, 3.8) is 0 Å². The minimum absolute atomic E-state index is 0.0172. The summed E-state index contributed by atoms with van der Waals surface area (Å²) in [5.74, 6) is -1.85. The van der Waals surface area contributed by atoms with E-state index in [2.05, 4.69) is 45.3 Å². The predicted octanol–water partition coefficient (Wildman–Crippen LogP) is 3.16. The third kappa shape index (κ3) is 3.76. The van der Waals surface area contributed by atoms with Gasteiger partial charge in [-0.1, -0.05) is 11.6 Å². The zero-order chi connectivity index (χ0) is 22.5. The Bertz CT molecular complexity index is 1320. The fourth-order valence-corrected chi connectivity index (χ4v) is 3.00. The lowest BCUT2D eigenvalue weighted by Gasteiger charge is -2.04. The SMILES string of the molecule is O=C(Nc1n[nH]c(C(=O)Nc2nc3cc4c(cc3[nH]2)OC(F)(F)O4)n1)c1ccc(Cl)cc1. The molecule has 3 heterocycles. The van der Waals surface area contributed by atoms with Gasteiger partial charge in [-0.2, -0.15) is 4.98 Å². The first-order chi connectivity index (χ1) is 15.3. The summed E-state index contributed by atoms with van der Waals surface area (Å²) in [5.41, 5.74) is 0.910. The number of aromatic nitrogens is 5. The topological polar surface area (TPSA) is 147 Å². The van der Waals surface area contributed by atoms with Crippen molar-refractivity contribution in [1.29, 1.82) is 0 Å². The molecule has 0 saturated heterocycles. The van der Waals surface area contributed by atoms with Gasteiger partial charge in [0, 0.05) is 22.7 Å². The van der Waals surface area contributed by atoms with E-state index in [0.29, 0.717) is 16.1 Å². The van der Waals surface area contributed by atoms with Crippen LogP contribution in [0, 0.1) is 0 Å². The first-order valence-corrected chi connectivity index (χ1v) is 9.24. The number of anilines is 2. The van der Waals surface area contributed by atoms with Crippen molar-refractivity contribution in [2.75, 3.05) is 10.6 Å². The molecule has 14 heteroatoms. The Hall–Kier alpha value is -4.26. The molecule has 1 aliphatic heterocycles. The Labute approximate surface area is 181 Å². The van der Waals surface area contributed by atoms with Crippen molar-refractivity contribution in [2.45, 2.75) is 6.29 Å². The summed E-state index contributed by atoms with van der Waals surface area (Å²) in [4.78, 5) is 35.3. The van der Waals surface area contributed by atoms with Crippen molar-refractivity contribution < 1.29 is 27.8 Å². The predicted molar refractivity (Wildman–Crippen MR) is 106 cm³/mol. The molecule has 11 nitrogen and oxygen atoms in total. The average Bonchev–Trinajstić information content (AvgIpc) is 3.41. The number of carbonyl (C=O) groups excluding carboxylic acids is 2. The van der Waals surface area contributed by atoms with Gasteiger partial charge in [0.25, 0.3) is 11.8 Å². The highest BCUT2D eigenvalue weighted by atomic mass is 35.5. The summed E-state index contributed by atoms with van der Waals surface area (Å²) in [6.07, 6.45) is -3.74. The lowest BCUT2D eigenvalue weighted by atomic mass is 10.2. The van der Waals surface area contributed by atoms with Crippen LogP contribution in [0.2, 0.25) is 5.02 Å². The highest BCUT2D eigenvalue weighted by Crippen LogP contribution is 2.42. The molecular weight excluding hydrogens is 452 g/mol. The molecule has 0 unspecified atom stereocenters. The van der Waals surface area contributed by atoms with Gasteiger partial charge < -0.3 is 14.5 Å². The van der Waals surface area contributed by atoms with Gasteiger partial charge in [0.2, 0.25) is 17.7 Å². The number of H-pyrrole nitrogens is 2. The molecule has 0 radical (unpaired) electrons. The highest BCUT2D eigenvalue weighted by Gasteiger charge is 2.43. The molecule has 162 valence electrons. The van der Waals surface area contributed by atoms with E-state index >= 15 is 0 Å². The minimum atomic E-state index is -3.74. The number of aromatic amines is 2. The number of nitrogens with one attached hydrogen (secondary N) is 4. The number of hydrogen-bond donors (Lipinski definition) is 4. The highest BCUT2D eigenvalue weighted by molar-refractivity contribution is 6.30. The van der Waals surface area contributed by atoms with E-state index in [1.165, 1.54) is 24.3 Å². The zero-order valence-corrected chi connectivity index (χ0v) is 16.3. The molecule has 4 aromatic rings. The Balaban J connectivity index is 1.27. The van der Waals surface area contributed by atoms with Crippen LogP contribution in [0.1, 0.15) is 21.0 Å². The van der Waals surface area contributed by atoms with Crippen molar-refractivity contribution in [3.05, 3.63) is 52.8 Å². The van der Waals surface area contributed by atoms with Gasteiger partial charge in [0.1, 0.15) is 0 Å². The first kappa shape index (κ1) is 19.7. The molecule has 0 aliphatic carbocycles. The lowest BCUT2D eigenvalue weighted by molar-refractivity contribution is -0.286. The normalized spacial score (nSPS) is 13.8. The second-order valence-corrected chi connectivity index (χ2v) is 6.93. The largest absolute Gasteiger partial charge is 0.586 e. The standard InChI is InChI=1S/C18H10ClF2N7O4/c19-8-3-1-7(2-4-8)14(29)25-17-24-13(27-28-17)15(30)26-16-22-9-5-11-12(6-10(9)23-16)32-18(20,21)31-11/h1-6H,(H2,22,23,26,30)(H2,24,25,27,28,29). The summed E-state index contributed by atoms with van der Waals surface area (Å²) in [6, 6.07) is 8.67. The molecule has 2 amide bonds. The number of rotatable bonds is 4. The van der Waals surface area contributed by atoms with E-state index in [4.69, 9.17) is 11.6 Å². The van der Waals surface area contributed by atoms with Crippen LogP contribution < -0.4 is 20.1 Å². The number of benzene rings is 2. The Morgan fingerprint density at radius 1 is 1.00 bits per heavy atom. The van der Waals surface area contributed by atoms with Crippen molar-refractivity contribution in [2.24, 2.45) is 0 Å². The van der Waals surface area contributed by atoms with Gasteiger partial charge in [-0.25, -0.2) is 4.98 Å². The number of halogens is 3. The van der Waals surface area contributed by atoms with E-state index in [9.17, 15) is 18.4 Å². The molecule has 0 atom stereocenters. The summed E-state index contributed by atoms with van der Waals surface area (Å²) in [5, 5.41) is 11.5. The second kappa shape index (κ2) is 7.16. The fraction of sp³-hybridized carbons (Fsp3) is 0.0556. The van der Waals surface area contributed by atoms with Gasteiger partial charge in [-0.3, -0.25) is 25.3 Å². The fourth-order valence-electron chi connectivity index (χ4n) is 2.87. The molecule has 2 aromatic heterocycles. The summed E-state index contributed by atoms with van der Waals surface area (Å²) < 4.78 is 35.0. The van der Waals surface area contributed by atoms with E-state index in [-0.39, 0.29) is 34.7 Å². The third-order valence-corrected chi connectivity index (χ3v) is 4.52. The Morgan fingerprint density at radius 2 is 1.72 bits per heavy atom. The quantitative estimate of drug-likeness (QED) is 0.365. The molecule has 0 spiro atoms. The zero-order valence-electron chi connectivity index (χ0n) is 15.6. The van der Waals surface area contributed by atoms with Crippen LogP contribution in [0.15, 0.2) is 36.4 Å². The van der Waals surface area contributed by atoms with Gasteiger partial charge in [-0.05, 0) is 24.3 Å². The van der Waals surface area contributed by atoms with Gasteiger partial charge in [0.15, 0.2) is 11.5 Å². The minimum Gasteiger partial charge on any atom is -0.395 e. The number of amides is 2. The maximum absolute atomic E-state index is 13.1. The van der Waals surface area contributed by atoms with Crippen LogP contribution in [0.25, 0.3) is 11.0 Å². The van der Waals surface area contributed by atoms with E-state index in [0.717, 1.165) is 0 Å². The van der Waals surface area contributed by atoms with Crippen LogP contribution in [0.5, 0.6) is 11.5 Å². The summed E-state index contributed by atoms with van der Waals surface area (Å²) in [7, 11) is 0. The number of hydrogen-bond acceptors (Lipinski definition) is 7. The number of ether oxygens (including phenoxy) is 2. The van der Waals surface area contributed by atoms with Gasteiger partial charge >= 0.3 is 6.29 Å². The van der Waals surface area contributed by atoms with E-state index < -0.39 is 18.1 Å². The number of imidazole rings is 1. The molecule has 0 bridgehead atoms. The van der Waals surface area contributed by atoms with Crippen LogP contribution in [-0.4, -0.2) is 43.3 Å². The molecule has 5 rings (SSSR count). The average molecular weight is 462 g/mol. The molecule has 4 N–H and O–H groups in total. The van der Waals surface area contributed by atoms with Crippen LogP contribution in [0.4, 0.5) is 20.7 Å². The number of alkyl halides is 2. The lowest BCUT2D eigenvalue weighted by Crippen LogP contribution is -2.25. The molecule has 0 fully saturated rings. The first-order valence-electron chi connectivity index (χ1n) is 8.86. The van der Waals surface area contributed by atoms with Crippen molar-refractivity contribution in [3.8, 4) is 11.5 Å². The molecule has 1 aliphatic rings. The maximum atomic E-state index is 13.1. The van der Waals surface area contributed by atoms with Crippen LogP contribution in [0.3, 0.4) is 0 Å². The summed E-state index contributed by atoms with van der Waals surface area (Å²) >= 11 is 5.79. The summed E-state index contributed by atoms with van der Waals surface area (Å²) in [6.45, 7) is 0. The van der Waals surface area contributed by atoms with Crippen LogP contribution >= 0.6 is 11.6 Å². The Morgan fingerprint density at radius 3 is 2.47 bits per heavy atom. The van der Waals surface area contributed by atoms with Gasteiger partial charge in [0.05, 0.1) is 11.0 Å². The number of fused-ring (bicyclic) bond motifs is 2. The monoisotopic (exact) mass is 461 g/mol. The molecule has 32 heavy (non-hydrogen) atoms. The smallest absolute Gasteiger partial charge is 0.395 e. The van der Waals surface area contributed by atoms with E-state index in [1.54, 1.807) is 12.1 Å². The second-order valence-electron chi connectivity index (χ2n) is 6.49.